The summed E-state index contributed by atoms with van der Waals surface area (Å²) in [5.74, 6) is 0. The minimum Gasteiger partial charge on any atom is -0.379 e. The van der Waals surface area contributed by atoms with E-state index in [2.05, 4.69) is 11.4 Å². The van der Waals surface area contributed by atoms with Gasteiger partial charge in [-0.15, -0.1) is 0 Å². The van der Waals surface area contributed by atoms with Gasteiger partial charge in [0.25, 0.3) is 0 Å². The molecule has 0 unspecified atom stereocenters. The summed E-state index contributed by atoms with van der Waals surface area (Å²) in [6.45, 7) is 2.30. The molecule has 0 bridgehead atoms. The number of nitrogens with zero attached hydrogens (tertiary/aromatic N) is 1. The molecule has 84 valence electrons. The van der Waals surface area contributed by atoms with Crippen molar-refractivity contribution in [3.8, 4) is 6.07 Å². The van der Waals surface area contributed by atoms with Gasteiger partial charge in [0, 0.05) is 11.6 Å². The number of hydrogen-bond donors (Lipinski definition) is 1. The van der Waals surface area contributed by atoms with Crippen molar-refractivity contribution in [3.63, 3.8) is 0 Å². The number of rotatable bonds is 1. The highest BCUT2D eigenvalue weighted by Crippen LogP contribution is 2.25. The molecule has 16 heavy (non-hydrogen) atoms. The van der Waals surface area contributed by atoms with Gasteiger partial charge in [-0.3, -0.25) is 0 Å². The van der Waals surface area contributed by atoms with Crippen LogP contribution in [0.2, 0.25) is 5.02 Å². The maximum Gasteiger partial charge on any atom is 0.0991 e. The zero-order valence-corrected chi connectivity index (χ0v) is 9.63. The van der Waals surface area contributed by atoms with E-state index < -0.39 is 0 Å². The van der Waals surface area contributed by atoms with E-state index in [0.717, 1.165) is 25.1 Å². The van der Waals surface area contributed by atoms with Crippen molar-refractivity contribution in [2.75, 3.05) is 19.8 Å². The van der Waals surface area contributed by atoms with E-state index in [0.29, 0.717) is 17.2 Å². The van der Waals surface area contributed by atoms with E-state index in [1.807, 2.05) is 6.07 Å². The van der Waals surface area contributed by atoms with Crippen molar-refractivity contribution in [3.05, 3.63) is 34.3 Å². The molecule has 1 aliphatic heterocycles. The second-order valence-electron chi connectivity index (χ2n) is 3.78. The molecule has 0 radical (unpaired) electrons. The summed E-state index contributed by atoms with van der Waals surface area (Å²) in [5, 5.41) is 12.9. The van der Waals surface area contributed by atoms with Crippen LogP contribution in [-0.2, 0) is 4.74 Å². The van der Waals surface area contributed by atoms with Crippen molar-refractivity contribution in [2.45, 2.75) is 12.5 Å². The van der Waals surface area contributed by atoms with Crippen LogP contribution >= 0.6 is 11.6 Å². The number of nitriles is 1. The van der Waals surface area contributed by atoms with E-state index >= 15 is 0 Å². The zero-order chi connectivity index (χ0) is 11.4. The van der Waals surface area contributed by atoms with Crippen LogP contribution in [-0.4, -0.2) is 19.8 Å². The van der Waals surface area contributed by atoms with Crippen LogP contribution in [0, 0.1) is 11.3 Å². The number of halogens is 1. The van der Waals surface area contributed by atoms with E-state index in [1.54, 1.807) is 12.1 Å². The number of nitrogens with one attached hydrogen (secondary N) is 1. The first-order chi connectivity index (χ1) is 7.81. The highest BCUT2D eigenvalue weighted by Gasteiger charge is 2.17. The maximum absolute atomic E-state index is 8.86. The molecule has 1 saturated heterocycles. The predicted octanol–water partition coefficient (Wildman–Crippen LogP) is 2.26. The molecule has 0 spiro atoms. The molecular weight excluding hydrogens is 224 g/mol. The molecule has 0 aliphatic carbocycles. The number of benzene rings is 1. The Bertz CT molecular complexity index is 406. The fraction of sp³-hybridized carbons (Fsp3) is 0.417. The van der Waals surface area contributed by atoms with Crippen LogP contribution in [0.3, 0.4) is 0 Å². The highest BCUT2D eigenvalue weighted by molar-refractivity contribution is 6.31. The Morgan fingerprint density at radius 3 is 3.19 bits per heavy atom. The molecule has 0 saturated carbocycles. The molecule has 3 nitrogen and oxygen atoms in total. The average Bonchev–Trinajstić information content (AvgIpc) is 2.58. The third kappa shape index (κ3) is 2.53. The Morgan fingerprint density at radius 2 is 2.38 bits per heavy atom. The van der Waals surface area contributed by atoms with E-state index in [4.69, 9.17) is 21.6 Å². The summed E-state index contributed by atoms with van der Waals surface area (Å²) in [4.78, 5) is 0. The normalized spacial score (nSPS) is 21.1. The quantitative estimate of drug-likeness (QED) is 0.814. The van der Waals surface area contributed by atoms with Gasteiger partial charge >= 0.3 is 0 Å². The summed E-state index contributed by atoms with van der Waals surface area (Å²) >= 11 is 6.13. The molecule has 1 N–H and O–H groups in total. The summed E-state index contributed by atoms with van der Waals surface area (Å²) in [6.07, 6.45) is 1.01. The van der Waals surface area contributed by atoms with Gasteiger partial charge in [0.2, 0.25) is 0 Å². The van der Waals surface area contributed by atoms with Crippen LogP contribution in [0.1, 0.15) is 23.6 Å². The molecule has 1 heterocycles. The Kier molecular flexibility index (Phi) is 3.79. The van der Waals surface area contributed by atoms with E-state index in [-0.39, 0.29) is 6.04 Å². The fourth-order valence-corrected chi connectivity index (χ4v) is 2.04. The lowest BCUT2D eigenvalue weighted by Gasteiger charge is -2.17. The predicted molar refractivity (Wildman–Crippen MR) is 62.3 cm³/mol. The van der Waals surface area contributed by atoms with Crippen LogP contribution < -0.4 is 5.32 Å². The second-order valence-corrected chi connectivity index (χ2v) is 4.19. The lowest BCUT2D eigenvalue weighted by molar-refractivity contribution is 0.131. The van der Waals surface area contributed by atoms with Gasteiger partial charge in [-0.2, -0.15) is 5.26 Å². The van der Waals surface area contributed by atoms with Crippen LogP contribution in [0.5, 0.6) is 0 Å². The SMILES string of the molecule is N#Cc1ccc(Cl)c([C@@H]2COCCCN2)c1. The first-order valence-electron chi connectivity index (χ1n) is 5.32. The fourth-order valence-electron chi connectivity index (χ4n) is 1.79. The summed E-state index contributed by atoms with van der Waals surface area (Å²) in [5.41, 5.74) is 1.58. The lowest BCUT2D eigenvalue weighted by Crippen LogP contribution is -2.23. The lowest BCUT2D eigenvalue weighted by atomic mass is 10.0. The molecule has 4 heteroatoms. The van der Waals surface area contributed by atoms with Crippen LogP contribution in [0.15, 0.2) is 18.2 Å². The van der Waals surface area contributed by atoms with Crippen molar-refractivity contribution < 1.29 is 4.74 Å². The summed E-state index contributed by atoms with van der Waals surface area (Å²) in [7, 11) is 0. The molecular formula is C12H13ClN2O. The van der Waals surface area contributed by atoms with Gasteiger partial charge < -0.3 is 10.1 Å². The largest absolute Gasteiger partial charge is 0.379 e. The molecule has 0 amide bonds. The minimum absolute atomic E-state index is 0.0864. The Balaban J connectivity index is 2.27. The Hall–Kier alpha value is -1.08. The molecule has 1 atom stereocenters. The van der Waals surface area contributed by atoms with Crippen LogP contribution in [0.25, 0.3) is 0 Å². The van der Waals surface area contributed by atoms with E-state index in [9.17, 15) is 0 Å². The smallest absolute Gasteiger partial charge is 0.0991 e. The van der Waals surface area contributed by atoms with Gasteiger partial charge in [-0.25, -0.2) is 0 Å². The van der Waals surface area contributed by atoms with E-state index in [1.165, 1.54) is 0 Å². The third-order valence-corrected chi connectivity index (χ3v) is 2.99. The van der Waals surface area contributed by atoms with Crippen molar-refractivity contribution in [2.24, 2.45) is 0 Å². The molecule has 1 aliphatic rings. The highest BCUT2D eigenvalue weighted by atomic mass is 35.5. The van der Waals surface area contributed by atoms with Crippen molar-refractivity contribution in [1.29, 1.82) is 5.26 Å². The Labute approximate surface area is 100.0 Å². The topological polar surface area (TPSA) is 45.0 Å². The molecule has 0 aromatic heterocycles. The first-order valence-corrected chi connectivity index (χ1v) is 5.70. The standard InChI is InChI=1S/C12H13ClN2O/c13-11-3-2-9(7-14)6-10(11)12-8-16-5-1-4-15-12/h2-3,6,12,15H,1,4-5,8H2/t12-/m0/s1. The maximum atomic E-state index is 8.86. The molecule has 1 fully saturated rings. The van der Waals surface area contributed by atoms with Gasteiger partial charge in [-0.05, 0) is 36.7 Å². The van der Waals surface area contributed by atoms with Gasteiger partial charge in [-0.1, -0.05) is 11.6 Å². The second kappa shape index (κ2) is 5.31. The minimum atomic E-state index is 0.0864. The summed E-state index contributed by atoms with van der Waals surface area (Å²) < 4.78 is 5.49. The number of hydrogen-bond acceptors (Lipinski definition) is 3. The third-order valence-electron chi connectivity index (χ3n) is 2.64. The Morgan fingerprint density at radius 1 is 1.50 bits per heavy atom. The molecule has 1 aromatic carbocycles. The first kappa shape index (κ1) is 11.4. The molecule has 2 rings (SSSR count). The molecule has 1 aromatic rings. The average molecular weight is 237 g/mol. The van der Waals surface area contributed by atoms with Gasteiger partial charge in [0.1, 0.15) is 0 Å². The monoisotopic (exact) mass is 236 g/mol. The van der Waals surface area contributed by atoms with Crippen molar-refractivity contribution >= 4 is 11.6 Å². The van der Waals surface area contributed by atoms with Crippen LogP contribution in [0.4, 0.5) is 0 Å². The zero-order valence-electron chi connectivity index (χ0n) is 8.87. The number of ether oxygens (including phenoxy) is 1. The van der Waals surface area contributed by atoms with Crippen molar-refractivity contribution in [1.82, 2.24) is 5.32 Å². The summed E-state index contributed by atoms with van der Waals surface area (Å²) in [6, 6.07) is 7.53. The van der Waals surface area contributed by atoms with Gasteiger partial charge in [0.05, 0.1) is 24.3 Å². The van der Waals surface area contributed by atoms with Gasteiger partial charge in [0.15, 0.2) is 0 Å².